The Balaban J connectivity index is 1.94. The minimum atomic E-state index is -2.89. The third-order valence-corrected chi connectivity index (χ3v) is 11.6. The Bertz CT molecular complexity index is 1060. The van der Waals surface area contributed by atoms with Crippen LogP contribution in [0, 0.1) is 0 Å². The molecule has 6 heteroatoms. The van der Waals surface area contributed by atoms with Crippen LogP contribution < -0.4 is 15.7 Å². The summed E-state index contributed by atoms with van der Waals surface area (Å²) in [6, 6.07) is 26.0. The molecule has 2 N–H and O–H groups in total. The minimum absolute atomic E-state index is 0.229. The first kappa shape index (κ1) is 22.6. The third kappa shape index (κ3) is 3.96. The van der Waals surface area contributed by atoms with Crippen LogP contribution in [-0.4, -0.2) is 25.6 Å². The van der Waals surface area contributed by atoms with E-state index in [2.05, 4.69) is 50.4 Å². The fourth-order valence-electron chi connectivity index (χ4n) is 4.93. The molecular weight excluding hydrogens is 438 g/mol. The van der Waals surface area contributed by atoms with Crippen molar-refractivity contribution >= 4 is 36.4 Å². The smallest absolute Gasteiger partial charge is 0.404 e. The number of fused-ring (bicyclic) bond motifs is 1. The maximum absolute atomic E-state index is 11.7. The maximum Gasteiger partial charge on any atom is 0.404 e. The molecule has 0 bridgehead atoms. The van der Waals surface area contributed by atoms with Gasteiger partial charge in [-0.1, -0.05) is 105 Å². The molecule has 0 radical (unpaired) electrons. The summed E-state index contributed by atoms with van der Waals surface area (Å²) in [7, 11) is -2.89. The highest BCUT2D eigenvalue weighted by atomic mass is 35.5. The van der Waals surface area contributed by atoms with Gasteiger partial charge < -0.3 is 14.8 Å². The van der Waals surface area contributed by atoms with Crippen LogP contribution >= 0.6 is 11.6 Å². The number of halogens is 1. The van der Waals surface area contributed by atoms with Crippen LogP contribution in [0.5, 0.6) is 0 Å². The number of benzene rings is 3. The van der Waals surface area contributed by atoms with Crippen molar-refractivity contribution in [2.24, 2.45) is 0 Å². The Kier molecular flexibility index (Phi) is 6.17. The summed E-state index contributed by atoms with van der Waals surface area (Å²) in [6.45, 7) is 6.63. The molecule has 2 atom stereocenters. The second kappa shape index (κ2) is 8.74. The lowest BCUT2D eigenvalue weighted by atomic mass is 10.1. The molecule has 1 aliphatic rings. The van der Waals surface area contributed by atoms with Gasteiger partial charge in [-0.3, -0.25) is 0 Å². The summed E-state index contributed by atoms with van der Waals surface area (Å²) in [6.07, 6.45) is -0.999. The Morgan fingerprint density at radius 3 is 2.03 bits per heavy atom. The number of hydrogen-bond acceptors (Lipinski definition) is 2. The van der Waals surface area contributed by atoms with E-state index in [1.807, 2.05) is 54.6 Å². The van der Waals surface area contributed by atoms with Crippen LogP contribution in [0.1, 0.15) is 38.0 Å². The van der Waals surface area contributed by atoms with E-state index in [1.165, 1.54) is 0 Å². The van der Waals surface area contributed by atoms with Crippen molar-refractivity contribution in [2.75, 3.05) is 0 Å². The Morgan fingerprint density at radius 2 is 1.53 bits per heavy atom. The first-order valence-corrected chi connectivity index (χ1v) is 13.1. The molecule has 1 amide bonds. The number of amides is 1. The summed E-state index contributed by atoms with van der Waals surface area (Å²) in [5.74, 6) is 0. The van der Waals surface area contributed by atoms with Crippen molar-refractivity contribution in [2.45, 2.75) is 44.4 Å². The monoisotopic (exact) mass is 465 g/mol. The van der Waals surface area contributed by atoms with E-state index in [0.29, 0.717) is 11.4 Å². The summed E-state index contributed by atoms with van der Waals surface area (Å²) < 4.78 is 7.29. The summed E-state index contributed by atoms with van der Waals surface area (Å²) in [5, 5.41) is 14.9. The van der Waals surface area contributed by atoms with Gasteiger partial charge in [0.2, 0.25) is 0 Å². The van der Waals surface area contributed by atoms with Crippen LogP contribution in [-0.2, 0) is 10.8 Å². The fraction of sp³-hybridized carbons (Fsp3) is 0.269. The summed E-state index contributed by atoms with van der Waals surface area (Å²) in [5.41, 5.74) is 1.92. The quantitative estimate of drug-likeness (QED) is 0.512. The minimum Gasteiger partial charge on any atom is -0.465 e. The van der Waals surface area contributed by atoms with E-state index in [-0.39, 0.29) is 5.04 Å². The largest absolute Gasteiger partial charge is 0.465 e. The Hall–Kier alpha value is -2.60. The molecule has 4 nitrogen and oxygen atoms in total. The predicted octanol–water partition coefficient (Wildman–Crippen LogP) is 5.15. The van der Waals surface area contributed by atoms with Gasteiger partial charge in [-0.15, -0.1) is 0 Å². The number of carbonyl (C=O) groups is 1. The fourth-order valence-corrected chi connectivity index (χ4v) is 9.91. The van der Waals surface area contributed by atoms with Gasteiger partial charge in [0.15, 0.2) is 0 Å². The number of hydrogen-bond donors (Lipinski definition) is 2. The zero-order valence-electron chi connectivity index (χ0n) is 18.5. The van der Waals surface area contributed by atoms with Gasteiger partial charge >= 0.3 is 6.09 Å². The van der Waals surface area contributed by atoms with Crippen molar-refractivity contribution in [1.82, 2.24) is 5.32 Å². The van der Waals surface area contributed by atoms with E-state index in [4.69, 9.17) is 16.0 Å². The van der Waals surface area contributed by atoms with Crippen LogP contribution in [0.15, 0.2) is 78.9 Å². The van der Waals surface area contributed by atoms with Crippen molar-refractivity contribution in [3.05, 3.63) is 95.0 Å². The molecule has 166 valence electrons. The first-order chi connectivity index (χ1) is 15.2. The van der Waals surface area contributed by atoms with Gasteiger partial charge in [0.1, 0.15) is 0 Å². The molecule has 0 saturated heterocycles. The molecule has 0 fully saturated rings. The molecule has 0 aliphatic heterocycles. The molecule has 3 aromatic rings. The second-order valence-corrected chi connectivity index (χ2v) is 13.9. The lowest BCUT2D eigenvalue weighted by molar-refractivity contribution is 0.141. The highest BCUT2D eigenvalue weighted by Crippen LogP contribution is 2.45. The van der Waals surface area contributed by atoms with Gasteiger partial charge in [0.05, 0.1) is 12.1 Å². The van der Waals surface area contributed by atoms with E-state index in [9.17, 15) is 9.90 Å². The average molecular weight is 466 g/mol. The topological polar surface area (TPSA) is 58.6 Å². The molecule has 0 heterocycles. The van der Waals surface area contributed by atoms with Crippen LogP contribution in [0.3, 0.4) is 0 Å². The van der Waals surface area contributed by atoms with Crippen molar-refractivity contribution in [1.29, 1.82) is 0 Å². The highest BCUT2D eigenvalue weighted by Gasteiger charge is 2.53. The average Bonchev–Trinajstić information content (AvgIpc) is 3.09. The van der Waals surface area contributed by atoms with Gasteiger partial charge in [0.25, 0.3) is 8.32 Å². The third-order valence-electron chi connectivity index (χ3n) is 6.26. The Morgan fingerprint density at radius 1 is 0.969 bits per heavy atom. The maximum atomic E-state index is 11.7. The summed E-state index contributed by atoms with van der Waals surface area (Å²) in [4.78, 5) is 11.7. The van der Waals surface area contributed by atoms with Gasteiger partial charge in [-0.25, -0.2) is 4.79 Å². The van der Waals surface area contributed by atoms with Crippen LogP contribution in [0.4, 0.5) is 4.79 Å². The second-order valence-electron chi connectivity index (χ2n) is 9.27. The van der Waals surface area contributed by atoms with Gasteiger partial charge in [-0.05, 0) is 33.5 Å². The zero-order chi connectivity index (χ0) is 22.9. The first-order valence-electron chi connectivity index (χ1n) is 10.8. The van der Waals surface area contributed by atoms with E-state index in [1.54, 1.807) is 0 Å². The van der Waals surface area contributed by atoms with Gasteiger partial charge in [0, 0.05) is 10.6 Å². The lowest BCUT2D eigenvalue weighted by Gasteiger charge is -2.45. The standard InChI is InChI=1S/C26H28ClNO3Si/c1-26(2,3)32(19-12-6-4-7-13-19,20-14-8-5-9-15-20)31-24-22(28-25(29)30)17-18-11-10-16-21(27)23(18)24/h4-16,22,24,28H,17H2,1-3H3,(H,29,30)/t22-,24+/m1/s1. The SMILES string of the molecule is CC(C)(C)[Si](O[C@@H]1c2c(Cl)cccc2C[C@H]1NC(=O)O)(c1ccccc1)c1ccccc1. The molecule has 0 aromatic heterocycles. The van der Waals surface area contributed by atoms with E-state index in [0.717, 1.165) is 21.5 Å². The van der Waals surface area contributed by atoms with E-state index < -0.39 is 26.6 Å². The Labute approximate surface area is 195 Å². The highest BCUT2D eigenvalue weighted by molar-refractivity contribution is 6.99. The molecule has 0 spiro atoms. The van der Waals surface area contributed by atoms with Crippen LogP contribution in [0.2, 0.25) is 10.1 Å². The number of nitrogens with one attached hydrogen (secondary N) is 1. The molecule has 0 unspecified atom stereocenters. The van der Waals surface area contributed by atoms with Crippen LogP contribution in [0.25, 0.3) is 0 Å². The van der Waals surface area contributed by atoms with Crippen molar-refractivity contribution in [3.63, 3.8) is 0 Å². The number of carboxylic acid groups (broad SMARTS) is 1. The molecule has 1 aliphatic carbocycles. The normalized spacial score (nSPS) is 18.2. The molecule has 0 saturated carbocycles. The number of rotatable bonds is 5. The molecule has 4 rings (SSSR count). The van der Waals surface area contributed by atoms with E-state index >= 15 is 0 Å². The van der Waals surface area contributed by atoms with Crippen molar-refractivity contribution < 1.29 is 14.3 Å². The molecular formula is C26H28ClNO3Si. The molecule has 3 aromatic carbocycles. The lowest BCUT2D eigenvalue weighted by Crippen LogP contribution is -2.67. The summed E-state index contributed by atoms with van der Waals surface area (Å²) >= 11 is 6.66. The molecule has 32 heavy (non-hydrogen) atoms. The predicted molar refractivity (Wildman–Crippen MR) is 132 cm³/mol. The van der Waals surface area contributed by atoms with Crippen molar-refractivity contribution in [3.8, 4) is 0 Å². The zero-order valence-corrected chi connectivity index (χ0v) is 20.3. The van der Waals surface area contributed by atoms with Gasteiger partial charge in [-0.2, -0.15) is 0 Å².